The predicted octanol–water partition coefficient (Wildman–Crippen LogP) is 4.73. The standard InChI is InChI=1S/C24H30N2O3/c1-17-8-9-18(2)22(16-17)29-19(3)23(27)25-21-12-10-20(11-13-21)24(28)26-14-6-4-5-7-15-26/h8-13,16,19H,4-7,14-15H2,1-3H3,(H,25,27). The van der Waals surface area contributed by atoms with Crippen molar-refractivity contribution in [1.29, 1.82) is 0 Å². The molecule has 5 nitrogen and oxygen atoms in total. The van der Waals surface area contributed by atoms with Crippen LogP contribution in [0.3, 0.4) is 0 Å². The summed E-state index contributed by atoms with van der Waals surface area (Å²) >= 11 is 0. The van der Waals surface area contributed by atoms with E-state index in [0.29, 0.717) is 17.0 Å². The number of rotatable bonds is 5. The van der Waals surface area contributed by atoms with Crippen LogP contribution in [-0.4, -0.2) is 35.9 Å². The first-order chi connectivity index (χ1) is 13.9. The van der Waals surface area contributed by atoms with Gasteiger partial charge in [-0.15, -0.1) is 0 Å². The molecule has 29 heavy (non-hydrogen) atoms. The lowest BCUT2D eigenvalue weighted by Gasteiger charge is -2.20. The van der Waals surface area contributed by atoms with Gasteiger partial charge in [0.2, 0.25) is 0 Å². The van der Waals surface area contributed by atoms with Gasteiger partial charge in [-0.3, -0.25) is 9.59 Å². The zero-order valence-electron chi connectivity index (χ0n) is 17.5. The lowest BCUT2D eigenvalue weighted by molar-refractivity contribution is -0.122. The summed E-state index contributed by atoms with van der Waals surface area (Å²) in [5, 5.41) is 2.86. The average molecular weight is 395 g/mol. The molecule has 0 aliphatic carbocycles. The van der Waals surface area contributed by atoms with E-state index in [1.165, 1.54) is 12.8 Å². The number of carbonyl (C=O) groups excluding carboxylic acids is 2. The second-order valence-corrected chi connectivity index (χ2v) is 7.80. The van der Waals surface area contributed by atoms with Crippen molar-refractivity contribution < 1.29 is 14.3 Å². The van der Waals surface area contributed by atoms with Crippen molar-refractivity contribution in [3.05, 3.63) is 59.2 Å². The Labute approximate surface area is 173 Å². The van der Waals surface area contributed by atoms with E-state index in [0.717, 1.165) is 37.1 Å². The number of nitrogens with one attached hydrogen (secondary N) is 1. The number of ether oxygens (including phenoxy) is 1. The first kappa shape index (κ1) is 20.9. The summed E-state index contributed by atoms with van der Waals surface area (Å²) in [6.07, 6.45) is 3.89. The molecule has 2 aromatic carbocycles. The van der Waals surface area contributed by atoms with Crippen molar-refractivity contribution in [2.45, 2.75) is 52.6 Å². The Kier molecular flexibility index (Phi) is 6.91. The zero-order chi connectivity index (χ0) is 20.8. The van der Waals surface area contributed by atoms with Crippen LogP contribution < -0.4 is 10.1 Å². The van der Waals surface area contributed by atoms with E-state index in [4.69, 9.17) is 4.74 Å². The largest absolute Gasteiger partial charge is 0.481 e. The highest BCUT2D eigenvalue weighted by atomic mass is 16.5. The molecular formula is C24H30N2O3. The maximum atomic E-state index is 12.7. The number of anilines is 1. The van der Waals surface area contributed by atoms with Crippen LogP contribution in [-0.2, 0) is 4.79 Å². The summed E-state index contributed by atoms with van der Waals surface area (Å²) in [4.78, 5) is 27.1. The predicted molar refractivity (Wildman–Crippen MR) is 115 cm³/mol. The fourth-order valence-electron chi connectivity index (χ4n) is 3.47. The smallest absolute Gasteiger partial charge is 0.265 e. The Hall–Kier alpha value is -2.82. The maximum Gasteiger partial charge on any atom is 0.265 e. The van der Waals surface area contributed by atoms with Gasteiger partial charge in [-0.05, 0) is 75.1 Å². The van der Waals surface area contributed by atoms with Crippen molar-refractivity contribution in [3.63, 3.8) is 0 Å². The summed E-state index contributed by atoms with van der Waals surface area (Å²) in [6.45, 7) is 7.33. The fourth-order valence-corrected chi connectivity index (χ4v) is 3.47. The monoisotopic (exact) mass is 394 g/mol. The SMILES string of the molecule is Cc1ccc(C)c(OC(C)C(=O)Nc2ccc(C(=O)N3CCCCCC3)cc2)c1. The van der Waals surface area contributed by atoms with Gasteiger partial charge in [0.1, 0.15) is 5.75 Å². The van der Waals surface area contributed by atoms with Crippen LogP contribution in [0.4, 0.5) is 5.69 Å². The van der Waals surface area contributed by atoms with Gasteiger partial charge in [-0.1, -0.05) is 25.0 Å². The first-order valence-electron chi connectivity index (χ1n) is 10.4. The summed E-state index contributed by atoms with van der Waals surface area (Å²) in [6, 6.07) is 13.0. The third kappa shape index (κ3) is 5.59. The quantitative estimate of drug-likeness (QED) is 0.798. The molecule has 1 N–H and O–H groups in total. The van der Waals surface area contributed by atoms with Crippen molar-refractivity contribution in [2.75, 3.05) is 18.4 Å². The Morgan fingerprint density at radius 1 is 0.966 bits per heavy atom. The number of carbonyl (C=O) groups is 2. The molecule has 5 heteroatoms. The van der Waals surface area contributed by atoms with E-state index in [2.05, 4.69) is 5.32 Å². The Balaban J connectivity index is 1.59. The molecule has 0 aromatic heterocycles. The molecule has 2 aromatic rings. The van der Waals surface area contributed by atoms with Gasteiger partial charge in [-0.25, -0.2) is 0 Å². The molecule has 1 aliphatic heterocycles. The lowest BCUT2D eigenvalue weighted by Crippen LogP contribution is -2.32. The van der Waals surface area contributed by atoms with Crippen LogP contribution in [0.25, 0.3) is 0 Å². The minimum Gasteiger partial charge on any atom is -0.481 e. The van der Waals surface area contributed by atoms with Crippen LogP contribution >= 0.6 is 0 Å². The normalized spacial score (nSPS) is 15.3. The van der Waals surface area contributed by atoms with Crippen LogP contribution in [0.1, 0.15) is 54.1 Å². The van der Waals surface area contributed by atoms with E-state index in [9.17, 15) is 9.59 Å². The molecule has 1 fully saturated rings. The molecule has 1 unspecified atom stereocenters. The van der Waals surface area contributed by atoms with E-state index < -0.39 is 6.10 Å². The molecule has 1 saturated heterocycles. The maximum absolute atomic E-state index is 12.7. The number of likely N-dealkylation sites (tertiary alicyclic amines) is 1. The molecule has 1 atom stereocenters. The molecule has 154 valence electrons. The minimum absolute atomic E-state index is 0.0661. The molecule has 3 rings (SSSR count). The average Bonchev–Trinajstić information content (AvgIpc) is 3.00. The summed E-state index contributed by atoms with van der Waals surface area (Å²) in [7, 11) is 0. The van der Waals surface area contributed by atoms with Gasteiger partial charge in [0, 0.05) is 24.3 Å². The molecule has 1 heterocycles. The Morgan fingerprint density at radius 3 is 2.28 bits per heavy atom. The highest BCUT2D eigenvalue weighted by molar-refractivity contribution is 5.96. The Bertz CT molecular complexity index is 853. The van der Waals surface area contributed by atoms with Gasteiger partial charge >= 0.3 is 0 Å². The second-order valence-electron chi connectivity index (χ2n) is 7.80. The van der Waals surface area contributed by atoms with Crippen molar-refractivity contribution in [3.8, 4) is 5.75 Å². The summed E-state index contributed by atoms with van der Waals surface area (Å²) in [5.41, 5.74) is 3.39. The van der Waals surface area contributed by atoms with Crippen LogP contribution in [0.5, 0.6) is 5.75 Å². The van der Waals surface area contributed by atoms with E-state index in [1.807, 2.05) is 36.9 Å². The molecule has 0 spiro atoms. The van der Waals surface area contributed by atoms with Gasteiger partial charge in [0.15, 0.2) is 6.10 Å². The third-order valence-electron chi connectivity index (χ3n) is 5.31. The van der Waals surface area contributed by atoms with E-state index in [-0.39, 0.29) is 11.8 Å². The van der Waals surface area contributed by atoms with Gasteiger partial charge < -0.3 is 15.0 Å². The van der Waals surface area contributed by atoms with Gasteiger partial charge in [-0.2, -0.15) is 0 Å². The molecule has 1 aliphatic rings. The first-order valence-corrected chi connectivity index (χ1v) is 10.4. The number of hydrogen-bond donors (Lipinski definition) is 1. The molecular weight excluding hydrogens is 364 g/mol. The Morgan fingerprint density at radius 2 is 1.62 bits per heavy atom. The fraction of sp³-hybridized carbons (Fsp3) is 0.417. The number of benzene rings is 2. The number of amides is 2. The summed E-state index contributed by atoms with van der Waals surface area (Å²) < 4.78 is 5.84. The number of aryl methyl sites for hydroxylation is 2. The molecule has 2 amide bonds. The summed E-state index contributed by atoms with van der Waals surface area (Å²) in [5.74, 6) is 0.556. The van der Waals surface area contributed by atoms with Crippen LogP contribution in [0.15, 0.2) is 42.5 Å². The van der Waals surface area contributed by atoms with Gasteiger partial charge in [0.25, 0.3) is 11.8 Å². The highest BCUT2D eigenvalue weighted by Crippen LogP contribution is 2.21. The third-order valence-corrected chi connectivity index (χ3v) is 5.31. The second kappa shape index (κ2) is 9.59. The van der Waals surface area contributed by atoms with Gasteiger partial charge in [0.05, 0.1) is 0 Å². The number of hydrogen-bond acceptors (Lipinski definition) is 3. The van der Waals surface area contributed by atoms with E-state index >= 15 is 0 Å². The van der Waals surface area contributed by atoms with E-state index in [1.54, 1.807) is 31.2 Å². The minimum atomic E-state index is -0.631. The number of nitrogens with zero attached hydrogens (tertiary/aromatic N) is 1. The van der Waals surface area contributed by atoms with Crippen LogP contribution in [0, 0.1) is 13.8 Å². The molecule has 0 bridgehead atoms. The lowest BCUT2D eigenvalue weighted by atomic mass is 10.1. The highest BCUT2D eigenvalue weighted by Gasteiger charge is 2.19. The topological polar surface area (TPSA) is 58.6 Å². The molecule has 0 radical (unpaired) electrons. The van der Waals surface area contributed by atoms with Crippen molar-refractivity contribution in [2.24, 2.45) is 0 Å². The van der Waals surface area contributed by atoms with Crippen molar-refractivity contribution in [1.82, 2.24) is 4.90 Å². The van der Waals surface area contributed by atoms with Crippen molar-refractivity contribution >= 4 is 17.5 Å². The zero-order valence-corrected chi connectivity index (χ0v) is 17.5. The van der Waals surface area contributed by atoms with Crippen LogP contribution in [0.2, 0.25) is 0 Å². The molecule has 0 saturated carbocycles.